The van der Waals surface area contributed by atoms with E-state index in [1.165, 1.54) is 6.08 Å². The van der Waals surface area contributed by atoms with Crippen LogP contribution in [0.3, 0.4) is 0 Å². The van der Waals surface area contributed by atoms with Gasteiger partial charge >= 0.3 is 5.97 Å². The Morgan fingerprint density at radius 1 is 1.17 bits per heavy atom. The van der Waals surface area contributed by atoms with Crippen molar-refractivity contribution in [1.82, 2.24) is 0 Å². The highest BCUT2D eigenvalue weighted by molar-refractivity contribution is 6.30. The van der Waals surface area contributed by atoms with Gasteiger partial charge in [0.15, 0.2) is 0 Å². The summed E-state index contributed by atoms with van der Waals surface area (Å²) >= 11 is 5.89. The zero-order chi connectivity index (χ0) is 17.4. The molecule has 2 aromatic rings. The fourth-order valence-corrected chi connectivity index (χ4v) is 2.17. The van der Waals surface area contributed by atoms with Gasteiger partial charge in [0.25, 0.3) is 0 Å². The Hall–Kier alpha value is -2.59. The van der Waals surface area contributed by atoms with E-state index in [1.54, 1.807) is 42.5 Å². The van der Waals surface area contributed by atoms with Crippen LogP contribution in [-0.2, 0) is 9.53 Å². The molecule has 0 aromatic heterocycles. The molecule has 24 heavy (non-hydrogen) atoms. The Bertz CT molecular complexity index is 756. The lowest BCUT2D eigenvalue weighted by Crippen LogP contribution is -2.10. The van der Waals surface area contributed by atoms with Crippen LogP contribution in [0.25, 0.3) is 6.08 Å². The third-order valence-corrected chi connectivity index (χ3v) is 3.31. The fraction of sp³-hybridized carbons (Fsp3) is 0.158. The summed E-state index contributed by atoms with van der Waals surface area (Å²) in [4.78, 5) is 23.8. The van der Waals surface area contributed by atoms with Gasteiger partial charge in [-0.3, -0.25) is 4.79 Å². The number of carbonyl (C=O) groups excluding carboxylic acids is 2. The van der Waals surface area contributed by atoms with E-state index >= 15 is 0 Å². The molecule has 0 saturated heterocycles. The van der Waals surface area contributed by atoms with Crippen LogP contribution in [0.5, 0.6) is 0 Å². The average molecular weight is 344 g/mol. The van der Waals surface area contributed by atoms with Gasteiger partial charge in [0.1, 0.15) is 0 Å². The normalized spacial score (nSPS) is 10.6. The van der Waals surface area contributed by atoms with E-state index in [1.807, 2.05) is 19.1 Å². The maximum atomic E-state index is 12.0. The molecule has 1 N–H and O–H groups in total. The minimum absolute atomic E-state index is 0.297. The summed E-state index contributed by atoms with van der Waals surface area (Å²) in [6.45, 7) is 2.30. The topological polar surface area (TPSA) is 55.4 Å². The van der Waals surface area contributed by atoms with E-state index in [0.29, 0.717) is 22.9 Å². The first-order valence-electron chi connectivity index (χ1n) is 7.60. The molecular weight excluding hydrogens is 326 g/mol. The molecule has 124 valence electrons. The molecule has 0 aliphatic rings. The standard InChI is InChI=1S/C19H18ClNO3/c1-2-11-24-19(23)15-6-4-8-17(13-15)21-18(22)10-9-14-5-3-7-16(20)12-14/h3-10,12-13H,2,11H2,1H3,(H,21,22)/b10-9+. The number of halogens is 1. The van der Waals surface area contributed by atoms with Gasteiger partial charge in [-0.1, -0.05) is 36.7 Å². The largest absolute Gasteiger partial charge is 0.462 e. The number of anilines is 1. The molecule has 1 amide bonds. The number of hydrogen-bond donors (Lipinski definition) is 1. The van der Waals surface area contributed by atoms with Crippen molar-refractivity contribution in [3.05, 3.63) is 70.8 Å². The van der Waals surface area contributed by atoms with Gasteiger partial charge in [0.05, 0.1) is 12.2 Å². The van der Waals surface area contributed by atoms with E-state index < -0.39 is 5.97 Å². The van der Waals surface area contributed by atoms with Gasteiger partial charge in [-0.2, -0.15) is 0 Å². The molecule has 0 heterocycles. The van der Waals surface area contributed by atoms with Crippen molar-refractivity contribution in [2.45, 2.75) is 13.3 Å². The van der Waals surface area contributed by atoms with E-state index in [2.05, 4.69) is 5.32 Å². The maximum absolute atomic E-state index is 12.0. The van der Waals surface area contributed by atoms with Crippen LogP contribution in [0, 0.1) is 0 Å². The summed E-state index contributed by atoms with van der Waals surface area (Å²) in [5, 5.41) is 3.32. The summed E-state index contributed by atoms with van der Waals surface area (Å²) in [7, 11) is 0. The Balaban J connectivity index is 2.00. The minimum Gasteiger partial charge on any atom is -0.462 e. The van der Waals surface area contributed by atoms with E-state index in [0.717, 1.165) is 12.0 Å². The van der Waals surface area contributed by atoms with Crippen LogP contribution >= 0.6 is 11.6 Å². The Morgan fingerprint density at radius 3 is 2.71 bits per heavy atom. The van der Waals surface area contributed by atoms with Gasteiger partial charge in [-0.05, 0) is 48.4 Å². The number of rotatable bonds is 6. The molecule has 2 rings (SSSR count). The van der Waals surface area contributed by atoms with Crippen molar-refractivity contribution in [3.63, 3.8) is 0 Å². The smallest absolute Gasteiger partial charge is 0.338 e. The second kappa shape index (κ2) is 8.89. The highest BCUT2D eigenvalue weighted by atomic mass is 35.5. The second-order valence-electron chi connectivity index (χ2n) is 5.09. The monoisotopic (exact) mass is 343 g/mol. The van der Waals surface area contributed by atoms with Crippen molar-refractivity contribution < 1.29 is 14.3 Å². The quantitative estimate of drug-likeness (QED) is 0.618. The van der Waals surface area contributed by atoms with Crippen LogP contribution in [0.4, 0.5) is 5.69 Å². The number of carbonyl (C=O) groups is 2. The third-order valence-electron chi connectivity index (χ3n) is 3.08. The van der Waals surface area contributed by atoms with Gasteiger partial charge in [0, 0.05) is 16.8 Å². The first kappa shape index (κ1) is 17.8. The van der Waals surface area contributed by atoms with Crippen LogP contribution < -0.4 is 5.32 Å². The number of esters is 1. The minimum atomic E-state index is -0.401. The van der Waals surface area contributed by atoms with Crippen LogP contribution in [0.2, 0.25) is 5.02 Å². The lowest BCUT2D eigenvalue weighted by atomic mass is 10.2. The SMILES string of the molecule is CCCOC(=O)c1cccc(NC(=O)/C=C/c2cccc(Cl)c2)c1. The van der Waals surface area contributed by atoms with Gasteiger partial charge in [0.2, 0.25) is 5.91 Å². The number of ether oxygens (including phenoxy) is 1. The lowest BCUT2D eigenvalue weighted by Gasteiger charge is -2.06. The zero-order valence-electron chi connectivity index (χ0n) is 13.3. The molecule has 2 aromatic carbocycles. The number of nitrogens with one attached hydrogen (secondary N) is 1. The lowest BCUT2D eigenvalue weighted by molar-refractivity contribution is -0.111. The van der Waals surface area contributed by atoms with Gasteiger partial charge < -0.3 is 10.1 Å². The Morgan fingerprint density at radius 2 is 1.96 bits per heavy atom. The van der Waals surface area contributed by atoms with E-state index in [9.17, 15) is 9.59 Å². The molecule has 0 aliphatic heterocycles. The number of hydrogen-bond acceptors (Lipinski definition) is 3. The number of amides is 1. The van der Waals surface area contributed by atoms with Crippen molar-refractivity contribution in [3.8, 4) is 0 Å². The molecule has 0 atom stereocenters. The highest BCUT2D eigenvalue weighted by Gasteiger charge is 2.08. The molecule has 0 saturated carbocycles. The maximum Gasteiger partial charge on any atom is 0.338 e. The van der Waals surface area contributed by atoms with Crippen LogP contribution in [0.1, 0.15) is 29.3 Å². The van der Waals surface area contributed by atoms with E-state index in [-0.39, 0.29) is 5.91 Å². The predicted molar refractivity (Wildman–Crippen MR) is 96.1 cm³/mol. The molecule has 0 aliphatic carbocycles. The summed E-state index contributed by atoms with van der Waals surface area (Å²) < 4.78 is 5.08. The van der Waals surface area contributed by atoms with Crippen LogP contribution in [0.15, 0.2) is 54.6 Å². The molecule has 4 nitrogen and oxygen atoms in total. The molecule has 0 bridgehead atoms. The van der Waals surface area contributed by atoms with E-state index in [4.69, 9.17) is 16.3 Å². The summed E-state index contributed by atoms with van der Waals surface area (Å²) in [5.41, 5.74) is 1.76. The predicted octanol–water partition coefficient (Wildman–Crippen LogP) is 4.56. The molecule has 0 fully saturated rings. The average Bonchev–Trinajstić information content (AvgIpc) is 2.58. The highest BCUT2D eigenvalue weighted by Crippen LogP contribution is 2.14. The first-order chi connectivity index (χ1) is 11.6. The fourth-order valence-electron chi connectivity index (χ4n) is 1.97. The third kappa shape index (κ3) is 5.56. The van der Waals surface area contributed by atoms with Crippen molar-refractivity contribution in [2.24, 2.45) is 0 Å². The molecule has 0 spiro atoms. The molecule has 0 unspecified atom stereocenters. The Kier molecular flexibility index (Phi) is 6.58. The van der Waals surface area contributed by atoms with Crippen LogP contribution in [-0.4, -0.2) is 18.5 Å². The Labute approximate surface area is 146 Å². The first-order valence-corrected chi connectivity index (χ1v) is 7.98. The van der Waals surface area contributed by atoms with Gasteiger partial charge in [-0.25, -0.2) is 4.79 Å². The molecular formula is C19H18ClNO3. The summed E-state index contributed by atoms with van der Waals surface area (Å²) in [6, 6.07) is 13.8. The zero-order valence-corrected chi connectivity index (χ0v) is 14.0. The summed E-state index contributed by atoms with van der Waals surface area (Å²) in [6.07, 6.45) is 3.84. The molecule has 0 radical (unpaired) electrons. The number of benzene rings is 2. The van der Waals surface area contributed by atoms with Crippen molar-refractivity contribution >= 4 is 35.2 Å². The second-order valence-corrected chi connectivity index (χ2v) is 5.53. The van der Waals surface area contributed by atoms with Crippen molar-refractivity contribution in [2.75, 3.05) is 11.9 Å². The van der Waals surface area contributed by atoms with Gasteiger partial charge in [-0.15, -0.1) is 0 Å². The molecule has 5 heteroatoms. The summed E-state index contributed by atoms with van der Waals surface area (Å²) in [5.74, 6) is -0.698. The van der Waals surface area contributed by atoms with Crippen molar-refractivity contribution in [1.29, 1.82) is 0 Å².